The molecule has 0 fully saturated rings. The van der Waals surface area contributed by atoms with Crippen LogP contribution >= 0.6 is 0 Å². The molecule has 0 rings (SSSR count). The summed E-state index contributed by atoms with van der Waals surface area (Å²) < 4.78 is 43.9. The Kier molecular flexibility index (Phi) is 2.91. The molecule has 0 N–H and O–H groups in total. The smallest absolute Gasteiger partial charge is 0.212 e. The van der Waals surface area contributed by atoms with Crippen molar-refractivity contribution in [2.75, 3.05) is 0 Å². The van der Waals surface area contributed by atoms with Gasteiger partial charge in [-0.2, -0.15) is 8.78 Å². The number of halogens is 4. The van der Waals surface area contributed by atoms with Crippen molar-refractivity contribution >= 4 is 0 Å². The van der Waals surface area contributed by atoms with Gasteiger partial charge >= 0.3 is 0 Å². The zero-order valence-corrected chi connectivity index (χ0v) is 3.67. The molecule has 0 spiro atoms. The van der Waals surface area contributed by atoms with Crippen molar-refractivity contribution in [3.8, 4) is 0 Å². The summed E-state index contributed by atoms with van der Waals surface area (Å²) >= 11 is 0. The van der Waals surface area contributed by atoms with E-state index in [9.17, 15) is 17.6 Å². The first kappa shape index (κ1) is 7.20. The van der Waals surface area contributed by atoms with Crippen LogP contribution in [0.3, 0.4) is 0 Å². The lowest BCUT2D eigenvalue weighted by Gasteiger charge is -1.76. The molecule has 0 aromatic carbocycles. The Hall–Kier alpha value is -0.800. The van der Waals surface area contributed by atoms with Crippen molar-refractivity contribution in [2.24, 2.45) is 0 Å². The summed E-state index contributed by atoms with van der Waals surface area (Å²) in [6.45, 7) is 0. The molecule has 0 aromatic heterocycles. The van der Waals surface area contributed by atoms with E-state index >= 15 is 0 Å². The van der Waals surface area contributed by atoms with Crippen molar-refractivity contribution in [1.29, 1.82) is 0 Å². The Bertz CT molecular complexity index is 120. The zero-order valence-electron chi connectivity index (χ0n) is 3.67. The van der Waals surface area contributed by atoms with Crippen LogP contribution in [0.1, 0.15) is 0 Å². The molecule has 46 valence electrons. The van der Waals surface area contributed by atoms with Crippen LogP contribution in [0.2, 0.25) is 0 Å². The lowest BCUT2D eigenvalue weighted by molar-refractivity contribution is 0.416. The highest BCUT2D eigenvalue weighted by Crippen LogP contribution is 2.05. The van der Waals surface area contributed by atoms with Gasteiger partial charge < -0.3 is 0 Å². The third-order valence-electron chi connectivity index (χ3n) is 0.351. The topological polar surface area (TPSA) is 0 Å². The molecule has 4 heteroatoms. The number of hydrogen-bond acceptors (Lipinski definition) is 0. The van der Waals surface area contributed by atoms with Crippen LogP contribution in [0.15, 0.2) is 24.3 Å². The molecular formula is C4H2F4. The standard InChI is InChI=1S/C4H2F4/c5-2-3(6)1-4(7)8/h1-2H/b3-2+. The zero-order chi connectivity index (χ0) is 6.57. The van der Waals surface area contributed by atoms with E-state index in [1.54, 1.807) is 0 Å². The average Bonchev–Trinajstić information content (AvgIpc) is 1.65. The Morgan fingerprint density at radius 2 is 1.62 bits per heavy atom. The highest BCUT2D eigenvalue weighted by molar-refractivity contribution is 5.07. The molecule has 8 heavy (non-hydrogen) atoms. The van der Waals surface area contributed by atoms with Crippen LogP contribution < -0.4 is 0 Å². The first-order chi connectivity index (χ1) is 3.66. The lowest BCUT2D eigenvalue weighted by Crippen LogP contribution is -1.61. The lowest BCUT2D eigenvalue weighted by atomic mass is 10.6. The fourth-order valence-electron chi connectivity index (χ4n) is 0.136. The van der Waals surface area contributed by atoms with Gasteiger partial charge in [0.05, 0.1) is 0 Å². The Morgan fingerprint density at radius 1 is 1.12 bits per heavy atom. The third-order valence-corrected chi connectivity index (χ3v) is 0.351. The number of allylic oxidation sites excluding steroid dienone is 2. The van der Waals surface area contributed by atoms with Gasteiger partial charge in [0.25, 0.3) is 6.08 Å². The predicted octanol–water partition coefficient (Wildman–Crippen LogP) is 2.55. The van der Waals surface area contributed by atoms with Gasteiger partial charge in [-0.15, -0.1) is 0 Å². The molecule has 0 aliphatic heterocycles. The molecule has 0 amide bonds. The molecule has 0 saturated carbocycles. The minimum absolute atomic E-state index is 0.208. The van der Waals surface area contributed by atoms with E-state index in [-0.39, 0.29) is 6.08 Å². The summed E-state index contributed by atoms with van der Waals surface area (Å²) in [5.74, 6) is -1.58. The van der Waals surface area contributed by atoms with E-state index < -0.39 is 18.2 Å². The fraction of sp³-hybridized carbons (Fsp3) is 0. The van der Waals surface area contributed by atoms with Crippen LogP contribution in [-0.2, 0) is 0 Å². The average molecular weight is 126 g/mol. The highest BCUT2D eigenvalue weighted by Gasteiger charge is 1.91. The molecule has 0 saturated heterocycles. The molecule has 0 atom stereocenters. The Labute approximate surface area is 43.1 Å². The molecule has 0 heterocycles. The van der Waals surface area contributed by atoms with Crippen LogP contribution in [0.4, 0.5) is 17.6 Å². The maximum atomic E-state index is 11.3. The minimum atomic E-state index is -2.25. The van der Waals surface area contributed by atoms with Gasteiger partial charge in [-0.1, -0.05) is 0 Å². The van der Waals surface area contributed by atoms with E-state index in [0.717, 1.165) is 0 Å². The normalized spacial score (nSPS) is 11.2. The molecule has 0 bridgehead atoms. The summed E-state index contributed by atoms with van der Waals surface area (Å²) in [7, 11) is 0. The molecular weight excluding hydrogens is 124 g/mol. The SMILES string of the molecule is F/C=C(/F)C=C(F)F. The van der Waals surface area contributed by atoms with E-state index in [1.807, 2.05) is 0 Å². The van der Waals surface area contributed by atoms with Gasteiger partial charge in [0.2, 0.25) is 0 Å². The summed E-state index contributed by atoms with van der Waals surface area (Å²) in [5.41, 5.74) is 0. The Morgan fingerprint density at radius 3 is 1.75 bits per heavy atom. The molecule has 0 radical (unpaired) electrons. The molecule has 0 aromatic rings. The second-order valence-corrected chi connectivity index (χ2v) is 0.928. The molecule has 0 nitrogen and oxygen atoms in total. The van der Waals surface area contributed by atoms with Crippen molar-refractivity contribution in [1.82, 2.24) is 0 Å². The van der Waals surface area contributed by atoms with E-state index in [4.69, 9.17) is 0 Å². The van der Waals surface area contributed by atoms with Crippen molar-refractivity contribution in [2.45, 2.75) is 0 Å². The van der Waals surface area contributed by atoms with E-state index in [2.05, 4.69) is 0 Å². The first-order valence-electron chi connectivity index (χ1n) is 1.65. The summed E-state index contributed by atoms with van der Waals surface area (Å²) in [4.78, 5) is 0. The van der Waals surface area contributed by atoms with Gasteiger partial charge in [0.1, 0.15) is 6.33 Å². The van der Waals surface area contributed by atoms with Crippen LogP contribution in [-0.4, -0.2) is 0 Å². The van der Waals surface area contributed by atoms with Crippen LogP contribution in [0.5, 0.6) is 0 Å². The van der Waals surface area contributed by atoms with Gasteiger partial charge in [-0.05, 0) is 0 Å². The van der Waals surface area contributed by atoms with Gasteiger partial charge in [0.15, 0.2) is 5.83 Å². The third kappa shape index (κ3) is 3.39. The maximum Gasteiger partial charge on any atom is 0.273 e. The quantitative estimate of drug-likeness (QED) is 0.374. The monoisotopic (exact) mass is 126 g/mol. The van der Waals surface area contributed by atoms with Gasteiger partial charge in [-0.3, -0.25) is 0 Å². The van der Waals surface area contributed by atoms with Crippen LogP contribution in [0, 0.1) is 0 Å². The van der Waals surface area contributed by atoms with Crippen molar-refractivity contribution in [3.05, 3.63) is 24.3 Å². The molecule has 0 aliphatic rings. The maximum absolute atomic E-state index is 11.3. The second-order valence-electron chi connectivity index (χ2n) is 0.928. The van der Waals surface area contributed by atoms with Crippen molar-refractivity contribution < 1.29 is 17.6 Å². The summed E-state index contributed by atoms with van der Waals surface area (Å²) in [6, 6.07) is 0. The summed E-state index contributed by atoms with van der Waals surface area (Å²) in [5, 5.41) is 0. The fourth-order valence-corrected chi connectivity index (χ4v) is 0.136. The number of hydrogen-bond donors (Lipinski definition) is 0. The predicted molar refractivity (Wildman–Crippen MR) is 20.6 cm³/mol. The largest absolute Gasteiger partial charge is 0.273 e. The Balaban J connectivity index is 3.89. The van der Waals surface area contributed by atoms with Gasteiger partial charge in [-0.25, -0.2) is 8.78 Å². The first-order valence-corrected chi connectivity index (χ1v) is 1.65. The van der Waals surface area contributed by atoms with Crippen molar-refractivity contribution in [3.63, 3.8) is 0 Å². The molecule has 0 aliphatic carbocycles. The number of rotatable bonds is 1. The second kappa shape index (κ2) is 3.23. The van der Waals surface area contributed by atoms with Crippen LogP contribution in [0.25, 0.3) is 0 Å². The van der Waals surface area contributed by atoms with Gasteiger partial charge in [0, 0.05) is 6.08 Å². The highest BCUT2D eigenvalue weighted by atomic mass is 19.3. The molecule has 0 unspecified atom stereocenters. The minimum Gasteiger partial charge on any atom is -0.212 e. The summed E-state index contributed by atoms with van der Waals surface area (Å²) in [6.07, 6.45) is -3.00. The van der Waals surface area contributed by atoms with E-state index in [1.165, 1.54) is 0 Å². The van der Waals surface area contributed by atoms with E-state index in [0.29, 0.717) is 0 Å².